The van der Waals surface area contributed by atoms with Crippen molar-refractivity contribution in [2.24, 2.45) is 0 Å². The minimum Gasteiger partial charge on any atom is -0.454 e. The van der Waals surface area contributed by atoms with Gasteiger partial charge in [-0.3, -0.25) is 4.79 Å². The van der Waals surface area contributed by atoms with Gasteiger partial charge in [-0.2, -0.15) is 0 Å². The van der Waals surface area contributed by atoms with E-state index in [9.17, 15) is 14.0 Å². The van der Waals surface area contributed by atoms with Crippen LogP contribution in [0.3, 0.4) is 0 Å². The molecule has 3 amide bonds. The van der Waals surface area contributed by atoms with E-state index in [1.807, 2.05) is 0 Å². The van der Waals surface area contributed by atoms with E-state index in [2.05, 4.69) is 10.6 Å². The first-order chi connectivity index (χ1) is 13.5. The zero-order valence-electron chi connectivity index (χ0n) is 15.5. The van der Waals surface area contributed by atoms with Gasteiger partial charge in [0.15, 0.2) is 11.6 Å². The lowest BCUT2D eigenvalue weighted by atomic mass is 10.2. The quantitative estimate of drug-likeness (QED) is 0.827. The predicted molar refractivity (Wildman–Crippen MR) is 102 cm³/mol. The van der Waals surface area contributed by atoms with Crippen molar-refractivity contribution >= 4 is 17.6 Å². The number of urea groups is 1. The maximum absolute atomic E-state index is 13.6. The van der Waals surface area contributed by atoms with Gasteiger partial charge in [0.1, 0.15) is 5.75 Å². The molecule has 148 valence electrons. The van der Waals surface area contributed by atoms with Crippen molar-refractivity contribution < 1.29 is 23.5 Å². The molecule has 1 unspecified atom stereocenters. The summed E-state index contributed by atoms with van der Waals surface area (Å²) in [4.78, 5) is 25.2. The Hall–Kier alpha value is -3.13. The Bertz CT molecular complexity index is 828. The Kier molecular flexibility index (Phi) is 6.44. The van der Waals surface area contributed by atoms with Gasteiger partial charge in [0.05, 0.1) is 12.7 Å². The molecule has 1 saturated heterocycles. The van der Waals surface area contributed by atoms with Crippen molar-refractivity contribution in [1.29, 1.82) is 0 Å². The highest BCUT2D eigenvalue weighted by atomic mass is 19.1. The third-order valence-corrected chi connectivity index (χ3v) is 4.25. The van der Waals surface area contributed by atoms with Gasteiger partial charge in [0.25, 0.3) is 0 Å². The van der Waals surface area contributed by atoms with Crippen LogP contribution in [0.1, 0.15) is 6.92 Å². The zero-order chi connectivity index (χ0) is 19.9. The van der Waals surface area contributed by atoms with Crippen LogP contribution in [0.5, 0.6) is 11.5 Å². The molecular formula is C20H22FN3O4. The summed E-state index contributed by atoms with van der Waals surface area (Å²) in [5, 5.41) is 5.43. The summed E-state index contributed by atoms with van der Waals surface area (Å²) in [5.74, 6) is 0.136. The molecule has 7 nitrogen and oxygen atoms in total. The van der Waals surface area contributed by atoms with Gasteiger partial charge in [0, 0.05) is 32.2 Å². The van der Waals surface area contributed by atoms with E-state index in [0.717, 1.165) is 0 Å². The maximum atomic E-state index is 13.6. The van der Waals surface area contributed by atoms with Gasteiger partial charge in [-0.1, -0.05) is 12.1 Å². The monoisotopic (exact) mass is 387 g/mol. The number of morpholine rings is 1. The molecule has 28 heavy (non-hydrogen) atoms. The third-order valence-electron chi connectivity index (χ3n) is 4.25. The Morgan fingerprint density at radius 2 is 1.96 bits per heavy atom. The highest BCUT2D eigenvalue weighted by Crippen LogP contribution is 2.25. The molecule has 0 radical (unpaired) electrons. The fourth-order valence-corrected chi connectivity index (χ4v) is 2.77. The summed E-state index contributed by atoms with van der Waals surface area (Å²) in [5.41, 5.74) is 0.563. The van der Waals surface area contributed by atoms with Crippen LogP contribution in [-0.4, -0.2) is 49.2 Å². The molecule has 2 aromatic rings. The van der Waals surface area contributed by atoms with E-state index in [-0.39, 0.29) is 23.8 Å². The number of nitrogens with one attached hydrogen (secondary N) is 2. The lowest BCUT2D eigenvalue weighted by Crippen LogP contribution is -2.49. The van der Waals surface area contributed by atoms with E-state index in [4.69, 9.17) is 9.47 Å². The number of amides is 3. The summed E-state index contributed by atoms with van der Waals surface area (Å²) in [6.45, 7) is 3.29. The highest BCUT2D eigenvalue weighted by molar-refractivity contribution is 5.89. The van der Waals surface area contributed by atoms with Crippen LogP contribution in [-0.2, 0) is 9.53 Å². The van der Waals surface area contributed by atoms with E-state index in [1.54, 1.807) is 41.3 Å². The largest absolute Gasteiger partial charge is 0.454 e. The molecule has 3 rings (SSSR count). The summed E-state index contributed by atoms with van der Waals surface area (Å²) >= 11 is 0. The van der Waals surface area contributed by atoms with Crippen LogP contribution in [0.4, 0.5) is 14.9 Å². The maximum Gasteiger partial charge on any atom is 0.319 e. The zero-order valence-corrected chi connectivity index (χ0v) is 15.5. The van der Waals surface area contributed by atoms with Crippen LogP contribution >= 0.6 is 0 Å². The SMILES string of the molecule is CC(=O)N1CCOC(CNC(=O)Nc2ccc(Oc3ccccc3F)cc2)C1. The Balaban J connectivity index is 1.46. The van der Waals surface area contributed by atoms with Crippen LogP contribution in [0.25, 0.3) is 0 Å². The molecule has 1 aliphatic heterocycles. The topological polar surface area (TPSA) is 79.9 Å². The minimum atomic E-state index is -0.447. The number of rotatable bonds is 5. The van der Waals surface area contributed by atoms with Crippen LogP contribution in [0.15, 0.2) is 48.5 Å². The molecule has 0 bridgehead atoms. The van der Waals surface area contributed by atoms with Gasteiger partial charge in [0.2, 0.25) is 5.91 Å². The lowest BCUT2D eigenvalue weighted by Gasteiger charge is -2.32. The lowest BCUT2D eigenvalue weighted by molar-refractivity contribution is -0.136. The fourth-order valence-electron chi connectivity index (χ4n) is 2.77. The van der Waals surface area contributed by atoms with Crippen molar-refractivity contribution in [2.75, 3.05) is 31.6 Å². The second-order valence-corrected chi connectivity index (χ2v) is 6.35. The molecule has 1 fully saturated rings. The first kappa shape index (κ1) is 19.6. The molecule has 0 spiro atoms. The molecule has 1 heterocycles. The minimum absolute atomic E-state index is 0.00422. The van der Waals surface area contributed by atoms with Gasteiger partial charge in [-0.25, -0.2) is 9.18 Å². The molecule has 1 atom stereocenters. The van der Waals surface area contributed by atoms with Crippen LogP contribution in [0, 0.1) is 5.82 Å². The molecule has 0 aliphatic carbocycles. The van der Waals surface area contributed by atoms with Crippen molar-refractivity contribution in [3.8, 4) is 11.5 Å². The molecular weight excluding hydrogens is 365 g/mol. The van der Waals surface area contributed by atoms with Crippen molar-refractivity contribution in [1.82, 2.24) is 10.2 Å². The first-order valence-electron chi connectivity index (χ1n) is 8.95. The normalized spacial score (nSPS) is 16.4. The summed E-state index contributed by atoms with van der Waals surface area (Å²) < 4.78 is 24.6. The van der Waals surface area contributed by atoms with Crippen molar-refractivity contribution in [3.05, 3.63) is 54.3 Å². The number of ether oxygens (including phenoxy) is 2. The molecule has 2 N–H and O–H groups in total. The summed E-state index contributed by atoms with van der Waals surface area (Å²) in [7, 11) is 0. The third kappa shape index (κ3) is 5.43. The number of halogens is 1. The van der Waals surface area contributed by atoms with Gasteiger partial charge in [-0.15, -0.1) is 0 Å². The number of benzene rings is 2. The molecule has 8 heteroatoms. The van der Waals surface area contributed by atoms with Crippen molar-refractivity contribution in [2.45, 2.75) is 13.0 Å². The number of carbonyl (C=O) groups is 2. The van der Waals surface area contributed by atoms with Crippen LogP contribution < -0.4 is 15.4 Å². The number of carbonyl (C=O) groups excluding carboxylic acids is 2. The number of para-hydroxylation sites is 1. The molecule has 1 aliphatic rings. The summed E-state index contributed by atoms with van der Waals surface area (Å²) in [6, 6.07) is 12.3. The first-order valence-corrected chi connectivity index (χ1v) is 8.95. The second-order valence-electron chi connectivity index (χ2n) is 6.35. The van der Waals surface area contributed by atoms with Crippen molar-refractivity contribution in [3.63, 3.8) is 0 Å². The van der Waals surface area contributed by atoms with E-state index >= 15 is 0 Å². The number of hydrogen-bond acceptors (Lipinski definition) is 4. The summed E-state index contributed by atoms with van der Waals surface area (Å²) in [6.07, 6.45) is -0.236. The predicted octanol–water partition coefficient (Wildman–Crippen LogP) is 2.99. The Labute approximate surface area is 162 Å². The van der Waals surface area contributed by atoms with Gasteiger partial charge < -0.3 is 25.0 Å². The second kappa shape index (κ2) is 9.18. The average Bonchev–Trinajstić information content (AvgIpc) is 2.70. The number of anilines is 1. The number of hydrogen-bond donors (Lipinski definition) is 2. The smallest absolute Gasteiger partial charge is 0.319 e. The van der Waals surface area contributed by atoms with E-state index < -0.39 is 5.82 Å². The van der Waals surface area contributed by atoms with Gasteiger partial charge >= 0.3 is 6.03 Å². The molecule has 2 aromatic carbocycles. The highest BCUT2D eigenvalue weighted by Gasteiger charge is 2.22. The Morgan fingerprint density at radius 1 is 1.21 bits per heavy atom. The molecule has 0 aromatic heterocycles. The fraction of sp³-hybridized carbons (Fsp3) is 0.300. The number of nitrogens with zero attached hydrogens (tertiary/aromatic N) is 1. The van der Waals surface area contributed by atoms with Gasteiger partial charge in [-0.05, 0) is 36.4 Å². The van der Waals surface area contributed by atoms with Crippen LogP contribution in [0.2, 0.25) is 0 Å². The Morgan fingerprint density at radius 3 is 2.68 bits per heavy atom. The average molecular weight is 387 g/mol. The standard InChI is InChI=1S/C20H22FN3O4/c1-14(25)24-10-11-27-17(13-24)12-22-20(26)23-15-6-8-16(9-7-15)28-19-5-3-2-4-18(19)21/h2-9,17H,10-13H2,1H3,(H2,22,23,26). The van der Waals surface area contributed by atoms with E-state index in [1.165, 1.54) is 19.1 Å². The molecule has 0 saturated carbocycles. The van der Waals surface area contributed by atoms with E-state index in [0.29, 0.717) is 37.7 Å².